The number of likely N-dealkylation sites (N-methyl/N-ethyl adjacent to an activating group) is 1. The maximum absolute atomic E-state index is 4.31. The van der Waals surface area contributed by atoms with Gasteiger partial charge in [0.05, 0.1) is 0 Å². The highest BCUT2D eigenvalue weighted by atomic mass is 127. The van der Waals surface area contributed by atoms with E-state index < -0.39 is 0 Å². The Morgan fingerprint density at radius 3 is 2.46 bits per heavy atom. The smallest absolute Gasteiger partial charge is 0.191 e. The van der Waals surface area contributed by atoms with Gasteiger partial charge in [-0.2, -0.15) is 0 Å². The van der Waals surface area contributed by atoms with Crippen LogP contribution in [0.15, 0.2) is 4.99 Å². The maximum atomic E-state index is 4.31. The molecule has 5 nitrogen and oxygen atoms in total. The van der Waals surface area contributed by atoms with Crippen LogP contribution in [-0.2, 0) is 0 Å². The predicted octanol–water partition coefficient (Wildman–Crippen LogP) is 2.62. The van der Waals surface area contributed by atoms with Crippen LogP contribution < -0.4 is 10.6 Å². The van der Waals surface area contributed by atoms with Gasteiger partial charge in [-0.25, -0.2) is 0 Å². The van der Waals surface area contributed by atoms with E-state index in [1.54, 1.807) is 0 Å². The molecule has 0 aromatic carbocycles. The lowest BCUT2D eigenvalue weighted by Gasteiger charge is -2.30. The Kier molecular flexibility index (Phi) is 14.1. The molecule has 1 aliphatic heterocycles. The number of likely N-dealkylation sites (tertiary alicyclic amines) is 1. The first-order valence-electron chi connectivity index (χ1n) is 9.43. The van der Waals surface area contributed by atoms with E-state index in [1.165, 1.54) is 45.3 Å². The van der Waals surface area contributed by atoms with Crippen LogP contribution in [0.3, 0.4) is 0 Å². The molecule has 2 N–H and O–H groups in total. The van der Waals surface area contributed by atoms with Crippen LogP contribution in [0.25, 0.3) is 0 Å². The number of rotatable bonds is 9. The average Bonchev–Trinajstić information content (AvgIpc) is 2.57. The van der Waals surface area contributed by atoms with Gasteiger partial charge in [0.1, 0.15) is 0 Å². The summed E-state index contributed by atoms with van der Waals surface area (Å²) in [5, 5.41) is 6.84. The van der Waals surface area contributed by atoms with Gasteiger partial charge in [0.2, 0.25) is 0 Å². The van der Waals surface area contributed by atoms with Gasteiger partial charge in [-0.05, 0) is 65.2 Å². The molecule has 1 unspecified atom stereocenters. The van der Waals surface area contributed by atoms with Crippen molar-refractivity contribution in [2.45, 2.75) is 52.5 Å². The molecule has 0 amide bonds. The Morgan fingerprint density at radius 2 is 1.88 bits per heavy atom. The van der Waals surface area contributed by atoms with E-state index in [9.17, 15) is 0 Å². The minimum atomic E-state index is 0. The Morgan fingerprint density at radius 1 is 1.25 bits per heavy atom. The molecule has 24 heavy (non-hydrogen) atoms. The van der Waals surface area contributed by atoms with Gasteiger partial charge in [-0.15, -0.1) is 24.0 Å². The van der Waals surface area contributed by atoms with Crippen LogP contribution in [0.4, 0.5) is 0 Å². The molecule has 0 radical (unpaired) electrons. The monoisotopic (exact) mass is 453 g/mol. The number of piperidine rings is 1. The van der Waals surface area contributed by atoms with E-state index in [1.807, 2.05) is 7.05 Å². The van der Waals surface area contributed by atoms with Crippen molar-refractivity contribution < 1.29 is 0 Å². The minimum Gasteiger partial charge on any atom is -0.356 e. The van der Waals surface area contributed by atoms with Gasteiger partial charge in [0.25, 0.3) is 0 Å². The van der Waals surface area contributed by atoms with Crippen molar-refractivity contribution in [3.63, 3.8) is 0 Å². The number of halogens is 1. The lowest BCUT2D eigenvalue weighted by Crippen LogP contribution is -2.43. The molecule has 1 aliphatic rings. The molecule has 0 aliphatic carbocycles. The van der Waals surface area contributed by atoms with Crippen molar-refractivity contribution >= 4 is 29.9 Å². The van der Waals surface area contributed by atoms with E-state index in [4.69, 9.17) is 0 Å². The van der Waals surface area contributed by atoms with Crippen LogP contribution in [0.5, 0.6) is 0 Å². The predicted molar refractivity (Wildman–Crippen MR) is 117 cm³/mol. The van der Waals surface area contributed by atoms with Gasteiger partial charge < -0.3 is 20.4 Å². The molecule has 1 rings (SSSR count). The highest BCUT2D eigenvalue weighted by Crippen LogP contribution is 2.15. The fourth-order valence-corrected chi connectivity index (χ4v) is 2.90. The Labute approximate surface area is 167 Å². The maximum Gasteiger partial charge on any atom is 0.191 e. The van der Waals surface area contributed by atoms with E-state index in [0.29, 0.717) is 6.04 Å². The van der Waals surface area contributed by atoms with Crippen LogP contribution in [0.2, 0.25) is 0 Å². The molecule has 0 saturated carbocycles. The molecule has 0 aromatic heterocycles. The zero-order valence-corrected chi connectivity index (χ0v) is 18.8. The van der Waals surface area contributed by atoms with Crippen molar-refractivity contribution in [2.75, 3.05) is 53.4 Å². The zero-order valence-electron chi connectivity index (χ0n) is 16.5. The third kappa shape index (κ3) is 10.0. The second kappa shape index (κ2) is 14.1. The summed E-state index contributed by atoms with van der Waals surface area (Å²) in [6.07, 6.45) is 5.10. The number of nitrogens with one attached hydrogen (secondary N) is 2. The van der Waals surface area contributed by atoms with Crippen molar-refractivity contribution in [3.05, 3.63) is 0 Å². The lowest BCUT2D eigenvalue weighted by atomic mass is 9.99. The summed E-state index contributed by atoms with van der Waals surface area (Å²) in [7, 11) is 4.03. The summed E-state index contributed by atoms with van der Waals surface area (Å²) in [6.45, 7) is 13.6. The first-order chi connectivity index (χ1) is 11.1. The third-order valence-electron chi connectivity index (χ3n) is 5.14. The largest absolute Gasteiger partial charge is 0.356 e. The van der Waals surface area contributed by atoms with Crippen molar-refractivity contribution in [3.8, 4) is 0 Å². The number of hydrogen-bond acceptors (Lipinski definition) is 3. The van der Waals surface area contributed by atoms with Crippen molar-refractivity contribution in [1.29, 1.82) is 0 Å². The summed E-state index contributed by atoms with van der Waals surface area (Å²) in [5.74, 6) is 1.84. The second-order valence-electron chi connectivity index (χ2n) is 7.04. The summed E-state index contributed by atoms with van der Waals surface area (Å²) >= 11 is 0. The molecule has 1 atom stereocenters. The van der Waals surface area contributed by atoms with Gasteiger partial charge in [-0.1, -0.05) is 13.8 Å². The zero-order chi connectivity index (χ0) is 17.1. The SMILES string of the molecule is CCC(C)N(C)CCNC(=NC)NCCCN1CCC(C)CC1.I. The normalized spacial score (nSPS) is 18.3. The molecule has 144 valence electrons. The Bertz CT molecular complexity index is 329. The Hall–Kier alpha value is -0.0800. The number of nitrogens with zero attached hydrogens (tertiary/aromatic N) is 3. The third-order valence-corrected chi connectivity index (χ3v) is 5.14. The number of hydrogen-bond donors (Lipinski definition) is 2. The molecule has 1 saturated heterocycles. The fraction of sp³-hybridized carbons (Fsp3) is 0.944. The first-order valence-corrected chi connectivity index (χ1v) is 9.43. The summed E-state index contributed by atoms with van der Waals surface area (Å²) in [4.78, 5) is 9.29. The molecule has 6 heteroatoms. The molecule has 0 spiro atoms. The first kappa shape index (κ1) is 23.9. The van der Waals surface area contributed by atoms with Crippen LogP contribution in [-0.4, -0.2) is 75.2 Å². The van der Waals surface area contributed by atoms with E-state index >= 15 is 0 Å². The highest BCUT2D eigenvalue weighted by Gasteiger charge is 2.14. The molecular formula is C18H40IN5. The van der Waals surface area contributed by atoms with Crippen LogP contribution in [0, 0.1) is 5.92 Å². The quantitative estimate of drug-likeness (QED) is 0.244. The van der Waals surface area contributed by atoms with Gasteiger partial charge >= 0.3 is 0 Å². The van der Waals surface area contributed by atoms with Crippen LogP contribution >= 0.6 is 24.0 Å². The lowest BCUT2D eigenvalue weighted by molar-refractivity contribution is 0.191. The fourth-order valence-electron chi connectivity index (χ4n) is 2.90. The summed E-state index contributed by atoms with van der Waals surface area (Å²) in [6, 6.07) is 0.638. The van der Waals surface area contributed by atoms with E-state index in [0.717, 1.165) is 31.5 Å². The van der Waals surface area contributed by atoms with Crippen molar-refractivity contribution in [2.24, 2.45) is 10.9 Å². The van der Waals surface area contributed by atoms with Crippen LogP contribution in [0.1, 0.15) is 46.5 Å². The molecular weight excluding hydrogens is 413 g/mol. The average molecular weight is 453 g/mol. The van der Waals surface area contributed by atoms with Gasteiger partial charge in [0, 0.05) is 32.7 Å². The molecule has 1 fully saturated rings. The van der Waals surface area contributed by atoms with Gasteiger partial charge in [0.15, 0.2) is 5.96 Å². The Balaban J connectivity index is 0.00000529. The molecule has 1 heterocycles. The van der Waals surface area contributed by atoms with Gasteiger partial charge in [-0.3, -0.25) is 4.99 Å². The number of guanidine groups is 1. The highest BCUT2D eigenvalue weighted by molar-refractivity contribution is 14.0. The molecule has 0 aromatic rings. The summed E-state index contributed by atoms with van der Waals surface area (Å²) < 4.78 is 0. The topological polar surface area (TPSA) is 42.9 Å². The second-order valence-corrected chi connectivity index (χ2v) is 7.04. The summed E-state index contributed by atoms with van der Waals surface area (Å²) in [5.41, 5.74) is 0. The van der Waals surface area contributed by atoms with Crippen molar-refractivity contribution in [1.82, 2.24) is 20.4 Å². The van der Waals surface area contributed by atoms with E-state index in [2.05, 4.69) is 53.2 Å². The molecule has 0 bridgehead atoms. The number of aliphatic imine (C=N–C) groups is 1. The standard InChI is InChI=1S/C18H39N5.HI/c1-6-17(3)22(5)15-11-21-18(19-4)20-10-7-12-23-13-8-16(2)9-14-23;/h16-17H,6-15H2,1-5H3,(H2,19,20,21);1H. The van der Waals surface area contributed by atoms with E-state index in [-0.39, 0.29) is 24.0 Å². The minimum absolute atomic E-state index is 0.